The van der Waals surface area contributed by atoms with Gasteiger partial charge in [0.2, 0.25) is 0 Å². The van der Waals surface area contributed by atoms with Gasteiger partial charge in [0.15, 0.2) is 5.78 Å². The second-order valence-electron chi connectivity index (χ2n) is 6.37. The molecule has 1 aliphatic rings. The van der Waals surface area contributed by atoms with Gasteiger partial charge in [0.1, 0.15) is 5.92 Å². The van der Waals surface area contributed by atoms with Gasteiger partial charge in [-0.25, -0.2) is 0 Å². The lowest BCUT2D eigenvalue weighted by atomic mass is 9.62. The average Bonchev–Trinajstić information content (AvgIpc) is 2.63. The Labute approximate surface area is 137 Å². The molecule has 3 rings (SSSR count). The minimum absolute atomic E-state index is 0.119. The quantitative estimate of drug-likeness (QED) is 0.837. The third-order valence-corrected chi connectivity index (χ3v) is 5.05. The van der Waals surface area contributed by atoms with Gasteiger partial charge in [0, 0.05) is 0 Å². The fourth-order valence-corrected chi connectivity index (χ4v) is 3.76. The third-order valence-electron chi connectivity index (χ3n) is 5.05. The molecule has 0 radical (unpaired) electrons. The van der Waals surface area contributed by atoms with Crippen LogP contribution in [0.15, 0.2) is 60.7 Å². The van der Waals surface area contributed by atoms with E-state index in [1.807, 2.05) is 48.5 Å². The maximum atomic E-state index is 13.1. The number of nitrogens with zero attached hydrogens (tertiary/aromatic N) is 1. The summed E-state index contributed by atoms with van der Waals surface area (Å²) in [6.45, 7) is 0. The van der Waals surface area contributed by atoms with Crippen molar-refractivity contribution in [2.24, 2.45) is 5.92 Å². The van der Waals surface area contributed by atoms with Gasteiger partial charge in [0.25, 0.3) is 0 Å². The van der Waals surface area contributed by atoms with Crippen molar-refractivity contribution in [3.05, 3.63) is 71.8 Å². The van der Waals surface area contributed by atoms with Crippen LogP contribution in [0.25, 0.3) is 0 Å². The van der Waals surface area contributed by atoms with Gasteiger partial charge >= 0.3 is 0 Å². The zero-order chi connectivity index (χ0) is 16.1. The van der Waals surface area contributed by atoms with Crippen molar-refractivity contribution in [2.75, 3.05) is 0 Å². The van der Waals surface area contributed by atoms with E-state index in [4.69, 9.17) is 0 Å². The molecular formula is C21H21NO. The molecular weight excluding hydrogens is 282 g/mol. The molecule has 23 heavy (non-hydrogen) atoms. The van der Waals surface area contributed by atoms with Crippen LogP contribution in [0.4, 0.5) is 0 Å². The molecule has 0 unspecified atom stereocenters. The van der Waals surface area contributed by atoms with E-state index in [0.717, 1.165) is 31.2 Å². The smallest absolute Gasteiger partial charge is 0.160 e. The zero-order valence-electron chi connectivity index (χ0n) is 13.2. The lowest BCUT2D eigenvalue weighted by Crippen LogP contribution is -2.43. The second kappa shape index (κ2) is 6.79. The topological polar surface area (TPSA) is 40.9 Å². The molecule has 2 aromatic rings. The lowest BCUT2D eigenvalue weighted by Gasteiger charge is -2.38. The van der Waals surface area contributed by atoms with Crippen molar-refractivity contribution in [3.8, 4) is 6.07 Å². The molecule has 0 bridgehead atoms. The first-order valence-electron chi connectivity index (χ1n) is 8.30. The number of benzene rings is 2. The number of hydrogen-bond acceptors (Lipinski definition) is 2. The third kappa shape index (κ3) is 3.05. The highest BCUT2D eigenvalue weighted by atomic mass is 16.1. The van der Waals surface area contributed by atoms with Crippen molar-refractivity contribution >= 4 is 5.78 Å². The minimum Gasteiger partial charge on any atom is -0.297 e. The van der Waals surface area contributed by atoms with Crippen LogP contribution >= 0.6 is 0 Å². The van der Waals surface area contributed by atoms with Crippen LogP contribution in [0.5, 0.6) is 0 Å². The lowest BCUT2D eigenvalue weighted by molar-refractivity contribution is -0.129. The van der Waals surface area contributed by atoms with Crippen molar-refractivity contribution in [3.63, 3.8) is 0 Å². The van der Waals surface area contributed by atoms with Gasteiger partial charge in [-0.2, -0.15) is 5.26 Å². The standard InChI is InChI=1S/C21H21NO/c22-16-18-10-7-14-21(20(18)23,19-11-5-2-6-12-19)15-13-17-8-3-1-4-9-17/h1-6,8-9,11-12,18H,7,10,13-15H2/t18-,21-/m0/s1. The summed E-state index contributed by atoms with van der Waals surface area (Å²) in [5.74, 6) is -0.340. The van der Waals surface area contributed by atoms with E-state index in [1.54, 1.807) is 0 Å². The zero-order valence-corrected chi connectivity index (χ0v) is 13.2. The molecule has 0 N–H and O–H groups in total. The Morgan fingerprint density at radius 1 is 1.04 bits per heavy atom. The van der Waals surface area contributed by atoms with Crippen molar-refractivity contribution in [1.29, 1.82) is 5.26 Å². The molecule has 0 amide bonds. The number of aryl methyl sites for hydroxylation is 1. The summed E-state index contributed by atoms with van der Waals surface area (Å²) in [4.78, 5) is 13.1. The Balaban J connectivity index is 1.94. The van der Waals surface area contributed by atoms with Crippen LogP contribution in [-0.2, 0) is 16.6 Å². The monoisotopic (exact) mass is 303 g/mol. The van der Waals surface area contributed by atoms with Crippen molar-refractivity contribution < 1.29 is 4.79 Å². The molecule has 0 aliphatic heterocycles. The summed E-state index contributed by atoms with van der Waals surface area (Å²) >= 11 is 0. The maximum Gasteiger partial charge on any atom is 0.160 e. The highest BCUT2D eigenvalue weighted by Gasteiger charge is 2.45. The summed E-state index contributed by atoms with van der Waals surface area (Å²) in [7, 11) is 0. The molecule has 0 heterocycles. The summed E-state index contributed by atoms with van der Waals surface area (Å²) in [6, 6.07) is 22.6. The summed E-state index contributed by atoms with van der Waals surface area (Å²) in [5.41, 5.74) is 1.81. The first kappa shape index (κ1) is 15.5. The molecule has 1 saturated carbocycles. The number of nitriles is 1. The normalized spacial score (nSPS) is 24.1. The highest BCUT2D eigenvalue weighted by molar-refractivity contribution is 5.94. The first-order chi connectivity index (χ1) is 11.3. The van der Waals surface area contributed by atoms with Gasteiger partial charge in [0.05, 0.1) is 11.5 Å². The van der Waals surface area contributed by atoms with E-state index in [1.165, 1.54) is 5.56 Å². The van der Waals surface area contributed by atoms with Crippen LogP contribution in [0.2, 0.25) is 0 Å². The minimum atomic E-state index is -0.504. The van der Waals surface area contributed by atoms with Crippen LogP contribution in [0.3, 0.4) is 0 Å². The van der Waals surface area contributed by atoms with Gasteiger partial charge < -0.3 is 0 Å². The molecule has 0 spiro atoms. The van der Waals surface area contributed by atoms with E-state index in [2.05, 4.69) is 18.2 Å². The number of carbonyl (C=O) groups excluding carboxylic acids is 1. The molecule has 1 aliphatic carbocycles. The Bertz CT molecular complexity index is 702. The number of Topliss-reactive ketones (excluding diaryl/α,β-unsaturated/α-hetero) is 1. The van der Waals surface area contributed by atoms with E-state index in [0.29, 0.717) is 6.42 Å². The van der Waals surface area contributed by atoms with Crippen LogP contribution in [-0.4, -0.2) is 5.78 Å². The summed E-state index contributed by atoms with van der Waals surface area (Å²) in [5, 5.41) is 9.35. The average molecular weight is 303 g/mol. The molecule has 2 nitrogen and oxygen atoms in total. The number of ketones is 1. The largest absolute Gasteiger partial charge is 0.297 e. The van der Waals surface area contributed by atoms with Gasteiger partial charge in [-0.1, -0.05) is 67.1 Å². The van der Waals surface area contributed by atoms with E-state index >= 15 is 0 Å². The molecule has 1 fully saturated rings. The van der Waals surface area contributed by atoms with E-state index in [9.17, 15) is 10.1 Å². The highest BCUT2D eigenvalue weighted by Crippen LogP contribution is 2.42. The van der Waals surface area contributed by atoms with E-state index < -0.39 is 11.3 Å². The maximum absolute atomic E-state index is 13.1. The predicted molar refractivity (Wildman–Crippen MR) is 90.8 cm³/mol. The van der Waals surface area contributed by atoms with E-state index in [-0.39, 0.29) is 5.78 Å². The molecule has 0 aromatic heterocycles. The van der Waals surface area contributed by atoms with Crippen molar-refractivity contribution in [2.45, 2.75) is 37.5 Å². The van der Waals surface area contributed by atoms with Crippen LogP contribution in [0.1, 0.15) is 36.8 Å². The van der Waals surface area contributed by atoms with Gasteiger partial charge in [-0.15, -0.1) is 0 Å². The second-order valence-corrected chi connectivity index (χ2v) is 6.37. The van der Waals surface area contributed by atoms with Gasteiger partial charge in [-0.3, -0.25) is 4.79 Å². The fourth-order valence-electron chi connectivity index (χ4n) is 3.76. The summed E-state index contributed by atoms with van der Waals surface area (Å²) in [6.07, 6.45) is 4.13. The Hall–Kier alpha value is -2.40. The fraction of sp³-hybridized carbons (Fsp3) is 0.333. The molecule has 0 saturated heterocycles. The van der Waals surface area contributed by atoms with Crippen LogP contribution in [0, 0.1) is 17.2 Å². The molecule has 2 heteroatoms. The molecule has 2 atom stereocenters. The van der Waals surface area contributed by atoms with Crippen molar-refractivity contribution in [1.82, 2.24) is 0 Å². The summed E-state index contributed by atoms with van der Waals surface area (Å²) < 4.78 is 0. The Kier molecular flexibility index (Phi) is 4.57. The predicted octanol–water partition coefficient (Wildman–Crippen LogP) is 4.45. The number of carbonyl (C=O) groups is 1. The molecule has 2 aromatic carbocycles. The van der Waals surface area contributed by atoms with Crippen LogP contribution < -0.4 is 0 Å². The SMILES string of the molecule is N#C[C@@H]1CCC[C@](CCc2ccccc2)(c2ccccc2)C1=O. The Morgan fingerprint density at radius 2 is 1.70 bits per heavy atom. The number of rotatable bonds is 4. The number of hydrogen-bond donors (Lipinski definition) is 0. The molecule has 116 valence electrons. The Morgan fingerprint density at radius 3 is 2.35 bits per heavy atom. The first-order valence-corrected chi connectivity index (χ1v) is 8.30. The van der Waals surface area contributed by atoms with Gasteiger partial charge in [-0.05, 0) is 36.8 Å².